The number of carboxylic acid groups (broad SMARTS) is 1. The van der Waals surface area contributed by atoms with Gasteiger partial charge in [-0.25, -0.2) is 9.18 Å². The Hall–Kier alpha value is -2.15. The molecule has 0 saturated carbocycles. The summed E-state index contributed by atoms with van der Waals surface area (Å²) in [5, 5.41) is 9.63. The van der Waals surface area contributed by atoms with Crippen LogP contribution in [0.4, 0.5) is 4.39 Å². The van der Waals surface area contributed by atoms with E-state index in [0.717, 1.165) is 0 Å². The average Bonchev–Trinajstić information content (AvgIpc) is 2.98. The molecule has 2 aliphatic rings. The van der Waals surface area contributed by atoms with Gasteiger partial charge in [0.15, 0.2) is 0 Å². The molecule has 146 valence electrons. The van der Waals surface area contributed by atoms with Crippen LogP contribution in [0.2, 0.25) is 5.02 Å². The molecule has 6 nitrogen and oxygen atoms in total. The lowest BCUT2D eigenvalue weighted by Crippen LogP contribution is -2.45. The molecule has 2 amide bonds. The molecule has 0 aromatic heterocycles. The van der Waals surface area contributed by atoms with E-state index in [4.69, 9.17) is 11.6 Å². The van der Waals surface area contributed by atoms with Crippen molar-refractivity contribution in [2.75, 3.05) is 19.6 Å². The molecule has 0 aliphatic carbocycles. The second-order valence-corrected chi connectivity index (χ2v) is 7.91. The summed E-state index contributed by atoms with van der Waals surface area (Å²) < 4.78 is 13.1. The maximum absolute atomic E-state index is 13.1. The molecule has 2 fully saturated rings. The summed E-state index contributed by atoms with van der Waals surface area (Å²) in [4.78, 5) is 39.0. The third kappa shape index (κ3) is 4.08. The van der Waals surface area contributed by atoms with Gasteiger partial charge in [0.1, 0.15) is 11.9 Å². The highest BCUT2D eigenvalue weighted by atomic mass is 35.5. The maximum atomic E-state index is 13.1. The Morgan fingerprint density at radius 2 is 1.96 bits per heavy atom. The van der Waals surface area contributed by atoms with E-state index in [1.165, 1.54) is 30.0 Å². The van der Waals surface area contributed by atoms with E-state index in [2.05, 4.69) is 0 Å². The van der Waals surface area contributed by atoms with Gasteiger partial charge in [-0.05, 0) is 42.4 Å². The molecule has 3 rings (SSSR count). The lowest BCUT2D eigenvalue weighted by atomic mass is 9.76. The van der Waals surface area contributed by atoms with Crippen LogP contribution >= 0.6 is 11.6 Å². The van der Waals surface area contributed by atoms with Gasteiger partial charge in [-0.2, -0.15) is 0 Å². The molecule has 1 atom stereocenters. The van der Waals surface area contributed by atoms with Crippen molar-refractivity contribution >= 4 is 29.4 Å². The van der Waals surface area contributed by atoms with Crippen LogP contribution in [-0.2, 0) is 20.8 Å². The van der Waals surface area contributed by atoms with Gasteiger partial charge in [0.05, 0.1) is 6.42 Å². The summed E-state index contributed by atoms with van der Waals surface area (Å²) in [6.45, 7) is 2.83. The smallest absolute Gasteiger partial charge is 0.326 e. The van der Waals surface area contributed by atoms with Crippen LogP contribution in [0.5, 0.6) is 0 Å². The Morgan fingerprint density at radius 1 is 1.30 bits per heavy atom. The van der Waals surface area contributed by atoms with Crippen LogP contribution in [0.1, 0.15) is 31.7 Å². The molecule has 2 heterocycles. The molecule has 8 heteroatoms. The highest BCUT2D eigenvalue weighted by Gasteiger charge is 2.49. The number of carbonyl (C=O) groups is 3. The van der Waals surface area contributed by atoms with Crippen molar-refractivity contribution in [3.8, 4) is 0 Å². The van der Waals surface area contributed by atoms with E-state index >= 15 is 0 Å². The second kappa shape index (κ2) is 7.46. The molecule has 1 aromatic carbocycles. The van der Waals surface area contributed by atoms with Gasteiger partial charge in [0.25, 0.3) is 0 Å². The summed E-state index contributed by atoms with van der Waals surface area (Å²) in [5.41, 5.74) is 0.330. The molecular weight excluding hydrogens is 375 g/mol. The van der Waals surface area contributed by atoms with E-state index in [0.29, 0.717) is 44.5 Å². The fourth-order valence-electron chi connectivity index (χ4n) is 4.14. The summed E-state index contributed by atoms with van der Waals surface area (Å²) in [6.07, 6.45) is 1.84. The van der Waals surface area contributed by atoms with Crippen molar-refractivity contribution in [2.24, 2.45) is 5.41 Å². The monoisotopic (exact) mass is 396 g/mol. The predicted octanol–water partition coefficient (Wildman–Crippen LogP) is 2.34. The number of hydrogen-bond donors (Lipinski definition) is 1. The Kier molecular flexibility index (Phi) is 5.42. The minimum absolute atomic E-state index is 0.0884. The fraction of sp³-hybridized carbons (Fsp3) is 0.526. The Labute approximate surface area is 161 Å². The molecule has 0 unspecified atom stereocenters. The number of likely N-dealkylation sites (tertiary alicyclic amines) is 2. The SMILES string of the molecule is CC(=O)N1CC2(CCN(C(=O)Cc3ccc(F)cc3Cl)CC2)C[C@@H]1C(=O)O. The fourth-order valence-corrected chi connectivity index (χ4v) is 4.37. The van der Waals surface area contributed by atoms with Gasteiger partial charge in [0.2, 0.25) is 11.8 Å². The minimum Gasteiger partial charge on any atom is -0.480 e. The number of carboxylic acids is 1. The van der Waals surface area contributed by atoms with E-state index < -0.39 is 17.8 Å². The molecule has 0 radical (unpaired) electrons. The number of aliphatic carboxylic acids is 1. The molecule has 27 heavy (non-hydrogen) atoms. The second-order valence-electron chi connectivity index (χ2n) is 7.50. The zero-order chi connectivity index (χ0) is 19.8. The highest BCUT2D eigenvalue weighted by Crippen LogP contribution is 2.43. The third-order valence-corrected chi connectivity index (χ3v) is 6.08. The molecule has 0 bridgehead atoms. The van der Waals surface area contributed by atoms with Crippen molar-refractivity contribution < 1.29 is 23.9 Å². The van der Waals surface area contributed by atoms with E-state index in [9.17, 15) is 23.9 Å². The number of piperidine rings is 1. The first kappa shape index (κ1) is 19.6. The topological polar surface area (TPSA) is 77.9 Å². The van der Waals surface area contributed by atoms with Gasteiger partial charge in [-0.3, -0.25) is 9.59 Å². The van der Waals surface area contributed by atoms with Crippen LogP contribution in [-0.4, -0.2) is 58.4 Å². The summed E-state index contributed by atoms with van der Waals surface area (Å²) >= 11 is 6.00. The van der Waals surface area contributed by atoms with Gasteiger partial charge in [0, 0.05) is 31.6 Å². The van der Waals surface area contributed by atoms with Gasteiger partial charge in [-0.15, -0.1) is 0 Å². The molecule has 1 spiro atoms. The standard InChI is InChI=1S/C19H22ClFN2O4/c1-12(24)23-11-19(10-16(23)18(26)27)4-6-22(7-5-19)17(25)8-13-2-3-14(21)9-15(13)20/h2-3,9,16H,4-8,10-11H2,1H3,(H,26,27)/t16-/m1/s1. The first-order chi connectivity index (χ1) is 12.7. The molecular formula is C19H22ClFN2O4. The minimum atomic E-state index is -0.980. The normalized spacial score (nSPS) is 21.5. The molecule has 2 aliphatic heterocycles. The van der Waals surface area contributed by atoms with Crippen LogP contribution in [0.15, 0.2) is 18.2 Å². The van der Waals surface area contributed by atoms with Crippen LogP contribution in [0, 0.1) is 11.2 Å². The van der Waals surface area contributed by atoms with Crippen LogP contribution < -0.4 is 0 Å². The quantitative estimate of drug-likeness (QED) is 0.850. The summed E-state index contributed by atoms with van der Waals surface area (Å²) in [7, 11) is 0. The highest BCUT2D eigenvalue weighted by molar-refractivity contribution is 6.31. The zero-order valence-electron chi connectivity index (χ0n) is 15.1. The maximum Gasteiger partial charge on any atom is 0.326 e. The number of benzene rings is 1. The molecule has 1 aromatic rings. The van der Waals surface area contributed by atoms with Crippen molar-refractivity contribution in [2.45, 2.75) is 38.6 Å². The number of rotatable bonds is 3. The lowest BCUT2D eigenvalue weighted by molar-refractivity contribution is -0.147. The van der Waals surface area contributed by atoms with Crippen molar-refractivity contribution in [3.63, 3.8) is 0 Å². The van der Waals surface area contributed by atoms with Crippen molar-refractivity contribution in [1.29, 1.82) is 0 Å². The number of amides is 2. The largest absolute Gasteiger partial charge is 0.480 e. The van der Waals surface area contributed by atoms with Crippen molar-refractivity contribution in [3.05, 3.63) is 34.6 Å². The van der Waals surface area contributed by atoms with E-state index in [1.54, 1.807) is 4.90 Å². The van der Waals surface area contributed by atoms with Gasteiger partial charge in [-0.1, -0.05) is 17.7 Å². The average molecular weight is 397 g/mol. The summed E-state index contributed by atoms with van der Waals surface area (Å²) in [5.74, 6) is -1.75. The molecule has 1 N–H and O–H groups in total. The van der Waals surface area contributed by atoms with E-state index in [-0.39, 0.29) is 28.7 Å². The zero-order valence-corrected chi connectivity index (χ0v) is 15.8. The van der Waals surface area contributed by atoms with Gasteiger partial charge < -0.3 is 14.9 Å². The summed E-state index contributed by atoms with van der Waals surface area (Å²) in [6, 6.07) is 3.19. The Bertz CT molecular complexity index is 753. The number of carbonyl (C=O) groups excluding carboxylic acids is 2. The Morgan fingerprint density at radius 3 is 2.48 bits per heavy atom. The number of hydrogen-bond acceptors (Lipinski definition) is 3. The van der Waals surface area contributed by atoms with Crippen molar-refractivity contribution in [1.82, 2.24) is 9.80 Å². The number of halogens is 2. The first-order valence-corrected chi connectivity index (χ1v) is 9.30. The van der Waals surface area contributed by atoms with E-state index in [1.807, 2.05) is 0 Å². The third-order valence-electron chi connectivity index (χ3n) is 5.73. The van der Waals surface area contributed by atoms with Crippen LogP contribution in [0.25, 0.3) is 0 Å². The predicted molar refractivity (Wildman–Crippen MR) is 96.8 cm³/mol. The Balaban J connectivity index is 1.62. The lowest BCUT2D eigenvalue weighted by Gasteiger charge is -2.39. The first-order valence-electron chi connectivity index (χ1n) is 8.92. The number of nitrogens with zero attached hydrogens (tertiary/aromatic N) is 2. The molecule has 2 saturated heterocycles. The van der Waals surface area contributed by atoms with Gasteiger partial charge >= 0.3 is 5.97 Å². The van der Waals surface area contributed by atoms with Crippen LogP contribution in [0.3, 0.4) is 0 Å².